The highest BCUT2D eigenvalue weighted by Crippen LogP contribution is 2.33. The summed E-state index contributed by atoms with van der Waals surface area (Å²) >= 11 is 1.41. The molecule has 0 aliphatic carbocycles. The van der Waals surface area contributed by atoms with Crippen molar-refractivity contribution in [2.45, 2.75) is 30.4 Å². The molecule has 116 valence electrons. The number of ether oxygens (including phenoxy) is 1. The number of carbonyl (C=O) groups is 1. The molecule has 0 amide bonds. The van der Waals surface area contributed by atoms with Crippen molar-refractivity contribution < 1.29 is 9.53 Å². The molecule has 0 fully saturated rings. The van der Waals surface area contributed by atoms with E-state index in [9.17, 15) is 9.59 Å². The zero-order chi connectivity index (χ0) is 16.3. The van der Waals surface area contributed by atoms with E-state index in [2.05, 4.69) is 5.10 Å². The molecule has 0 saturated carbocycles. The maximum atomic E-state index is 12.3. The number of thioether (sulfide) groups is 1. The summed E-state index contributed by atoms with van der Waals surface area (Å²) in [7, 11) is 1.30. The molecule has 0 bridgehead atoms. The minimum atomic E-state index is -0.559. The molecule has 1 aromatic carbocycles. The first-order valence-electron chi connectivity index (χ1n) is 6.79. The minimum absolute atomic E-state index is 0.144. The summed E-state index contributed by atoms with van der Waals surface area (Å²) in [5.74, 6) is -0.559. The van der Waals surface area contributed by atoms with Crippen LogP contribution in [0.5, 0.6) is 0 Å². The summed E-state index contributed by atoms with van der Waals surface area (Å²) in [6, 6.07) is 10.4. The van der Waals surface area contributed by atoms with Gasteiger partial charge in [0.15, 0.2) is 5.69 Å². The highest BCUT2D eigenvalue weighted by Gasteiger charge is 2.22. The molecule has 0 aliphatic rings. The van der Waals surface area contributed by atoms with Crippen LogP contribution in [0.15, 0.2) is 46.1 Å². The van der Waals surface area contributed by atoms with Gasteiger partial charge in [0, 0.05) is 15.7 Å². The van der Waals surface area contributed by atoms with E-state index in [0.717, 1.165) is 0 Å². The average molecular weight is 318 g/mol. The number of para-hydroxylation sites is 1. The van der Waals surface area contributed by atoms with Crippen LogP contribution in [0.2, 0.25) is 0 Å². The highest BCUT2D eigenvalue weighted by molar-refractivity contribution is 8.00. The molecule has 2 aromatic rings. The summed E-state index contributed by atoms with van der Waals surface area (Å²) in [5, 5.41) is 4.21. The largest absolute Gasteiger partial charge is 0.464 e. The lowest BCUT2D eigenvalue weighted by molar-refractivity contribution is 0.0587. The van der Waals surface area contributed by atoms with E-state index >= 15 is 0 Å². The lowest BCUT2D eigenvalue weighted by Gasteiger charge is -2.19. The maximum Gasteiger partial charge on any atom is 0.359 e. The fourth-order valence-electron chi connectivity index (χ4n) is 1.84. The summed E-state index contributed by atoms with van der Waals surface area (Å²) in [6.45, 7) is 6.00. The Labute approximate surface area is 133 Å². The van der Waals surface area contributed by atoms with Crippen LogP contribution < -0.4 is 5.56 Å². The Morgan fingerprint density at radius 3 is 2.41 bits per heavy atom. The second-order valence-corrected chi connectivity index (χ2v) is 7.52. The summed E-state index contributed by atoms with van der Waals surface area (Å²) in [6.07, 6.45) is 0. The fraction of sp³-hybridized carbons (Fsp3) is 0.312. The predicted molar refractivity (Wildman–Crippen MR) is 86.8 cm³/mol. The van der Waals surface area contributed by atoms with E-state index in [-0.39, 0.29) is 16.0 Å². The van der Waals surface area contributed by atoms with Gasteiger partial charge in [-0.1, -0.05) is 39.0 Å². The van der Waals surface area contributed by atoms with Crippen molar-refractivity contribution in [1.82, 2.24) is 9.78 Å². The number of nitrogens with zero attached hydrogens (tertiary/aromatic N) is 2. The Balaban J connectivity index is 2.61. The molecule has 1 aromatic heterocycles. The molecular weight excluding hydrogens is 300 g/mol. The van der Waals surface area contributed by atoms with E-state index in [1.165, 1.54) is 29.6 Å². The van der Waals surface area contributed by atoms with E-state index in [1.54, 1.807) is 24.3 Å². The van der Waals surface area contributed by atoms with Gasteiger partial charge >= 0.3 is 5.97 Å². The van der Waals surface area contributed by atoms with Crippen LogP contribution >= 0.6 is 11.8 Å². The van der Waals surface area contributed by atoms with Crippen LogP contribution in [0.4, 0.5) is 0 Å². The van der Waals surface area contributed by atoms with E-state index in [4.69, 9.17) is 4.74 Å². The number of methoxy groups -OCH3 is 1. The molecule has 5 nitrogen and oxygen atoms in total. The third-order valence-corrected chi connectivity index (χ3v) is 3.84. The first-order chi connectivity index (χ1) is 10.3. The normalized spacial score (nSPS) is 11.3. The number of esters is 1. The molecule has 0 radical (unpaired) electrons. The summed E-state index contributed by atoms with van der Waals surface area (Å²) in [5.41, 5.74) is 0.460. The molecule has 0 unspecified atom stereocenters. The highest BCUT2D eigenvalue weighted by atomic mass is 32.2. The van der Waals surface area contributed by atoms with Crippen LogP contribution in [-0.4, -0.2) is 27.6 Å². The van der Waals surface area contributed by atoms with Gasteiger partial charge in [0.25, 0.3) is 5.56 Å². The molecule has 0 N–H and O–H groups in total. The molecule has 0 spiro atoms. The van der Waals surface area contributed by atoms with E-state index in [0.29, 0.717) is 10.6 Å². The smallest absolute Gasteiger partial charge is 0.359 e. The quantitative estimate of drug-likeness (QED) is 0.643. The van der Waals surface area contributed by atoms with E-state index < -0.39 is 5.97 Å². The van der Waals surface area contributed by atoms with Crippen LogP contribution in [0.25, 0.3) is 5.69 Å². The van der Waals surface area contributed by atoms with Crippen molar-refractivity contribution in [2.75, 3.05) is 7.11 Å². The van der Waals surface area contributed by atoms with Crippen LogP contribution in [0.3, 0.4) is 0 Å². The van der Waals surface area contributed by atoms with Gasteiger partial charge in [0.1, 0.15) is 0 Å². The number of aromatic nitrogens is 2. The van der Waals surface area contributed by atoms with Gasteiger partial charge in [-0.2, -0.15) is 9.78 Å². The predicted octanol–water partition coefficient (Wildman–Crippen LogP) is 2.91. The van der Waals surface area contributed by atoms with Crippen molar-refractivity contribution >= 4 is 17.7 Å². The number of carbonyl (C=O) groups excluding carboxylic acids is 1. The Bertz CT molecular complexity index is 733. The zero-order valence-electron chi connectivity index (χ0n) is 13.0. The standard InChI is InChI=1S/C16H18N2O3S/c1-16(2,3)22-12-10-13(19)18(11-8-6-5-7-9-11)17-14(12)15(20)21-4/h5-10H,1-4H3. The number of benzene rings is 1. The molecule has 0 saturated heterocycles. The lowest BCUT2D eigenvalue weighted by atomic mass is 10.3. The van der Waals surface area contributed by atoms with Crippen molar-refractivity contribution in [3.05, 3.63) is 52.4 Å². The first-order valence-corrected chi connectivity index (χ1v) is 7.60. The van der Waals surface area contributed by atoms with Gasteiger partial charge in [0.05, 0.1) is 12.8 Å². The third kappa shape index (κ3) is 3.76. The SMILES string of the molecule is COC(=O)c1nn(-c2ccccc2)c(=O)cc1SC(C)(C)C. The van der Waals surface area contributed by atoms with Crippen molar-refractivity contribution in [3.63, 3.8) is 0 Å². The first kappa shape index (κ1) is 16.3. The minimum Gasteiger partial charge on any atom is -0.464 e. The second kappa shape index (κ2) is 6.36. The molecule has 1 heterocycles. The number of hydrogen-bond acceptors (Lipinski definition) is 5. The van der Waals surface area contributed by atoms with Gasteiger partial charge in [-0.15, -0.1) is 11.8 Å². The van der Waals surface area contributed by atoms with Gasteiger partial charge < -0.3 is 4.74 Å². The monoisotopic (exact) mass is 318 g/mol. The Morgan fingerprint density at radius 2 is 1.86 bits per heavy atom. The third-order valence-electron chi connectivity index (χ3n) is 2.69. The second-order valence-electron chi connectivity index (χ2n) is 5.65. The van der Waals surface area contributed by atoms with Gasteiger partial charge in [-0.05, 0) is 12.1 Å². The maximum absolute atomic E-state index is 12.3. The zero-order valence-corrected chi connectivity index (χ0v) is 13.8. The summed E-state index contributed by atoms with van der Waals surface area (Å²) in [4.78, 5) is 24.9. The molecule has 6 heteroatoms. The Morgan fingerprint density at radius 1 is 1.23 bits per heavy atom. The van der Waals surface area contributed by atoms with Crippen molar-refractivity contribution in [2.24, 2.45) is 0 Å². The van der Waals surface area contributed by atoms with Crippen LogP contribution in [0, 0.1) is 0 Å². The average Bonchev–Trinajstić information content (AvgIpc) is 2.46. The molecule has 2 rings (SSSR count). The molecule has 22 heavy (non-hydrogen) atoms. The van der Waals surface area contributed by atoms with E-state index in [1.807, 2.05) is 26.8 Å². The van der Waals surface area contributed by atoms with Gasteiger partial charge in [-0.25, -0.2) is 4.79 Å². The fourth-order valence-corrected chi connectivity index (χ4v) is 2.88. The summed E-state index contributed by atoms with van der Waals surface area (Å²) < 4.78 is 5.84. The number of hydrogen-bond donors (Lipinski definition) is 0. The van der Waals surface area contributed by atoms with Crippen molar-refractivity contribution in [1.29, 1.82) is 0 Å². The van der Waals surface area contributed by atoms with Gasteiger partial charge in [0.2, 0.25) is 0 Å². The Hall–Kier alpha value is -2.08. The van der Waals surface area contributed by atoms with Crippen LogP contribution in [0.1, 0.15) is 31.3 Å². The lowest BCUT2D eigenvalue weighted by Crippen LogP contribution is -2.25. The topological polar surface area (TPSA) is 61.2 Å². The van der Waals surface area contributed by atoms with Crippen molar-refractivity contribution in [3.8, 4) is 5.69 Å². The molecule has 0 atom stereocenters. The molecule has 0 aliphatic heterocycles. The van der Waals surface area contributed by atoms with Crippen LogP contribution in [-0.2, 0) is 4.74 Å². The number of rotatable bonds is 3. The molecular formula is C16H18N2O3S. The van der Waals surface area contributed by atoms with Gasteiger partial charge in [-0.3, -0.25) is 4.79 Å². The Kier molecular flexibility index (Phi) is 4.71.